The minimum atomic E-state index is -3.19. The van der Waals surface area contributed by atoms with Crippen molar-refractivity contribution in [2.24, 2.45) is 7.05 Å². The normalized spacial score (nSPS) is 11.5. The molecule has 0 aromatic carbocycles. The molecule has 0 radical (unpaired) electrons. The van der Waals surface area contributed by atoms with Crippen LogP contribution in [0.3, 0.4) is 0 Å². The molecule has 0 N–H and O–H groups in total. The summed E-state index contributed by atoms with van der Waals surface area (Å²) in [7, 11) is 1.34. The lowest BCUT2D eigenvalue weighted by Gasteiger charge is -2.11. The monoisotopic (exact) mass is 326 g/mol. The SMILES string of the molecule is Cc1cc(C#N)c(C)[n+]([O-])c1-c1nn(C)c(C(C)(F)F)c1Cl. The molecule has 5 nitrogen and oxygen atoms in total. The molecule has 0 amide bonds. The van der Waals surface area contributed by atoms with Gasteiger partial charge in [-0.05, 0) is 13.0 Å². The fraction of sp³-hybridized carbons (Fsp3) is 0.357. The third-order valence-electron chi connectivity index (χ3n) is 3.38. The number of halogens is 3. The largest absolute Gasteiger partial charge is 0.618 e. The quantitative estimate of drug-likeness (QED) is 0.629. The topological polar surface area (TPSA) is 68.5 Å². The van der Waals surface area contributed by atoms with E-state index < -0.39 is 11.6 Å². The van der Waals surface area contributed by atoms with Gasteiger partial charge in [0.05, 0.1) is 0 Å². The maximum absolute atomic E-state index is 13.6. The van der Waals surface area contributed by atoms with Gasteiger partial charge < -0.3 is 5.21 Å². The van der Waals surface area contributed by atoms with Gasteiger partial charge in [-0.25, -0.2) is 0 Å². The summed E-state index contributed by atoms with van der Waals surface area (Å²) in [6.45, 7) is 3.78. The number of nitriles is 1. The molecule has 8 heteroatoms. The Hall–Kier alpha value is -2.20. The number of hydrogen-bond donors (Lipinski definition) is 0. The van der Waals surface area contributed by atoms with E-state index >= 15 is 0 Å². The molecule has 0 bridgehead atoms. The van der Waals surface area contributed by atoms with Crippen LogP contribution in [0.1, 0.15) is 29.4 Å². The number of alkyl halides is 2. The van der Waals surface area contributed by atoms with Crippen molar-refractivity contribution in [2.45, 2.75) is 26.7 Å². The molecule has 0 atom stereocenters. The first kappa shape index (κ1) is 16.2. The van der Waals surface area contributed by atoms with Gasteiger partial charge in [0.15, 0.2) is 5.69 Å². The van der Waals surface area contributed by atoms with Crippen LogP contribution in [0.25, 0.3) is 11.4 Å². The van der Waals surface area contributed by atoms with E-state index in [4.69, 9.17) is 16.9 Å². The highest BCUT2D eigenvalue weighted by molar-refractivity contribution is 6.33. The highest BCUT2D eigenvalue weighted by atomic mass is 35.5. The first-order valence-electron chi connectivity index (χ1n) is 6.34. The van der Waals surface area contributed by atoms with Crippen LogP contribution in [-0.4, -0.2) is 9.78 Å². The van der Waals surface area contributed by atoms with Gasteiger partial charge in [-0.3, -0.25) is 4.68 Å². The van der Waals surface area contributed by atoms with E-state index in [1.807, 2.05) is 6.07 Å². The van der Waals surface area contributed by atoms with Gasteiger partial charge in [0, 0.05) is 26.5 Å². The van der Waals surface area contributed by atoms with Crippen LogP contribution >= 0.6 is 11.6 Å². The maximum Gasteiger partial charge on any atom is 0.288 e. The van der Waals surface area contributed by atoms with Crippen molar-refractivity contribution >= 4 is 11.6 Å². The van der Waals surface area contributed by atoms with E-state index in [1.165, 1.54) is 20.0 Å². The van der Waals surface area contributed by atoms with Crippen molar-refractivity contribution < 1.29 is 13.5 Å². The Morgan fingerprint density at radius 2 is 2.05 bits per heavy atom. The average Bonchev–Trinajstić information content (AvgIpc) is 2.69. The molecule has 0 aliphatic carbocycles. The van der Waals surface area contributed by atoms with E-state index in [1.54, 1.807) is 6.92 Å². The molecule has 22 heavy (non-hydrogen) atoms. The Kier molecular flexibility index (Phi) is 3.83. The Labute approximate surface area is 130 Å². The second kappa shape index (κ2) is 5.21. The predicted molar refractivity (Wildman–Crippen MR) is 76.4 cm³/mol. The third-order valence-corrected chi connectivity index (χ3v) is 3.74. The summed E-state index contributed by atoms with van der Waals surface area (Å²) >= 11 is 6.04. The van der Waals surface area contributed by atoms with Crippen molar-refractivity contribution in [3.8, 4) is 17.5 Å². The van der Waals surface area contributed by atoms with E-state index in [-0.39, 0.29) is 27.7 Å². The molecule has 2 aromatic rings. The molecule has 2 aromatic heterocycles. The van der Waals surface area contributed by atoms with Gasteiger partial charge in [-0.15, -0.1) is 0 Å². The Balaban J connectivity index is 2.80. The van der Waals surface area contributed by atoms with Crippen molar-refractivity contribution in [3.63, 3.8) is 0 Å². The van der Waals surface area contributed by atoms with Gasteiger partial charge in [-0.1, -0.05) is 11.6 Å². The van der Waals surface area contributed by atoms with Crippen LogP contribution in [0.4, 0.5) is 8.78 Å². The molecule has 0 aliphatic rings. The van der Waals surface area contributed by atoms with Crippen molar-refractivity contribution in [3.05, 3.63) is 38.8 Å². The summed E-state index contributed by atoms with van der Waals surface area (Å²) in [4.78, 5) is 0. The zero-order valence-electron chi connectivity index (χ0n) is 12.4. The number of hydrogen-bond acceptors (Lipinski definition) is 3. The Bertz CT molecular complexity index is 803. The van der Waals surface area contributed by atoms with E-state index in [2.05, 4.69) is 5.10 Å². The molecule has 0 saturated heterocycles. The van der Waals surface area contributed by atoms with Crippen LogP contribution < -0.4 is 4.73 Å². The minimum absolute atomic E-state index is 0.0271. The molecule has 0 spiro atoms. The van der Waals surface area contributed by atoms with E-state index in [0.717, 1.165) is 4.68 Å². The fourth-order valence-corrected chi connectivity index (χ4v) is 2.76. The smallest absolute Gasteiger partial charge is 0.288 e. The first-order chi connectivity index (χ1) is 10.1. The van der Waals surface area contributed by atoms with Gasteiger partial charge in [0.2, 0.25) is 11.4 Å². The van der Waals surface area contributed by atoms with Crippen LogP contribution in [-0.2, 0) is 13.0 Å². The lowest BCUT2D eigenvalue weighted by Crippen LogP contribution is -2.35. The van der Waals surface area contributed by atoms with Crippen molar-refractivity contribution in [2.75, 3.05) is 0 Å². The van der Waals surface area contributed by atoms with Gasteiger partial charge in [0.25, 0.3) is 5.92 Å². The predicted octanol–water partition coefficient (Wildman–Crippen LogP) is 2.97. The fourth-order valence-electron chi connectivity index (χ4n) is 2.35. The van der Waals surface area contributed by atoms with Crippen molar-refractivity contribution in [1.29, 1.82) is 5.26 Å². The molecule has 2 rings (SSSR count). The summed E-state index contributed by atoms with van der Waals surface area (Å²) in [5.41, 5.74) is 0.376. The molecule has 2 heterocycles. The molecule has 0 fully saturated rings. The Morgan fingerprint density at radius 3 is 2.50 bits per heavy atom. The van der Waals surface area contributed by atoms with Crippen LogP contribution in [0.2, 0.25) is 5.02 Å². The molecule has 0 saturated carbocycles. The highest BCUT2D eigenvalue weighted by Crippen LogP contribution is 2.38. The zero-order valence-corrected chi connectivity index (χ0v) is 13.2. The molecule has 0 unspecified atom stereocenters. The lowest BCUT2D eigenvalue weighted by atomic mass is 10.1. The average molecular weight is 327 g/mol. The first-order valence-corrected chi connectivity index (χ1v) is 6.72. The highest BCUT2D eigenvalue weighted by Gasteiger charge is 2.36. The Morgan fingerprint density at radius 1 is 1.45 bits per heavy atom. The van der Waals surface area contributed by atoms with E-state index in [9.17, 15) is 14.0 Å². The number of aromatic nitrogens is 3. The summed E-state index contributed by atoms with van der Waals surface area (Å²) in [5, 5.41) is 25.0. The molecule has 116 valence electrons. The van der Waals surface area contributed by atoms with Crippen molar-refractivity contribution in [1.82, 2.24) is 9.78 Å². The lowest BCUT2D eigenvalue weighted by molar-refractivity contribution is -0.601. The number of pyridine rings is 1. The minimum Gasteiger partial charge on any atom is -0.618 e. The molecular weight excluding hydrogens is 314 g/mol. The summed E-state index contributed by atoms with van der Waals surface area (Å²) in [6.07, 6.45) is 0. The third kappa shape index (κ3) is 2.40. The number of rotatable bonds is 2. The number of nitrogens with zero attached hydrogens (tertiary/aromatic N) is 4. The second-order valence-electron chi connectivity index (χ2n) is 5.10. The van der Waals surface area contributed by atoms with Gasteiger partial charge in [0.1, 0.15) is 22.3 Å². The van der Waals surface area contributed by atoms with Gasteiger partial charge >= 0.3 is 0 Å². The zero-order chi connectivity index (χ0) is 16.8. The van der Waals surface area contributed by atoms with Gasteiger partial charge in [-0.2, -0.15) is 23.9 Å². The summed E-state index contributed by atoms with van der Waals surface area (Å²) in [6, 6.07) is 3.42. The second-order valence-corrected chi connectivity index (χ2v) is 5.48. The summed E-state index contributed by atoms with van der Waals surface area (Å²) < 4.78 is 28.7. The van der Waals surface area contributed by atoms with Crippen LogP contribution in [0.15, 0.2) is 6.07 Å². The van der Waals surface area contributed by atoms with Crippen LogP contribution in [0.5, 0.6) is 0 Å². The molecule has 0 aliphatic heterocycles. The number of aryl methyl sites for hydroxylation is 2. The van der Waals surface area contributed by atoms with Crippen LogP contribution in [0, 0.1) is 30.4 Å². The van der Waals surface area contributed by atoms with E-state index in [0.29, 0.717) is 17.2 Å². The molecular formula is C14H13ClF2N4O. The summed E-state index contributed by atoms with van der Waals surface area (Å²) in [5.74, 6) is -3.19. The maximum atomic E-state index is 13.6. The standard InChI is InChI=1S/C14H13ClF2N4O/c1-7-5-9(6-18)8(2)21(22)12(7)11-10(15)13(14(3,16)17)20(4)19-11/h5H,1-4H3.